The number of nitrogens with two attached hydrogens (primary N) is 1. The summed E-state index contributed by atoms with van der Waals surface area (Å²) in [6.07, 6.45) is 4.29. The number of halogens is 2. The number of nitrogens with one attached hydrogen (secondary N) is 1. The van der Waals surface area contributed by atoms with Crippen molar-refractivity contribution in [1.29, 1.82) is 0 Å². The Bertz CT molecular complexity index is 440. The van der Waals surface area contributed by atoms with E-state index in [2.05, 4.69) is 19.3 Å². The molecule has 1 aromatic rings. The molecule has 0 aliphatic heterocycles. The zero-order valence-electron chi connectivity index (χ0n) is 12.2. The third-order valence-electron chi connectivity index (χ3n) is 4.73. The van der Waals surface area contributed by atoms with Gasteiger partial charge in [-0.1, -0.05) is 26.0 Å². The van der Waals surface area contributed by atoms with Crippen LogP contribution in [0.5, 0.6) is 0 Å². The van der Waals surface area contributed by atoms with Crippen LogP contribution < -0.4 is 11.3 Å². The summed E-state index contributed by atoms with van der Waals surface area (Å²) in [6.45, 7) is 4.49. The highest BCUT2D eigenvalue weighted by Crippen LogP contribution is 2.39. The Morgan fingerprint density at radius 1 is 1.10 bits per heavy atom. The molecule has 2 nitrogen and oxygen atoms in total. The quantitative estimate of drug-likeness (QED) is 0.648. The van der Waals surface area contributed by atoms with Gasteiger partial charge < -0.3 is 0 Å². The molecule has 3 N–H and O–H groups in total. The van der Waals surface area contributed by atoms with Gasteiger partial charge >= 0.3 is 0 Å². The van der Waals surface area contributed by atoms with Crippen LogP contribution in [0.4, 0.5) is 8.78 Å². The van der Waals surface area contributed by atoms with Crippen molar-refractivity contribution in [3.63, 3.8) is 0 Å². The molecule has 0 radical (unpaired) electrons. The summed E-state index contributed by atoms with van der Waals surface area (Å²) >= 11 is 0. The molecule has 1 unspecified atom stereocenters. The van der Waals surface area contributed by atoms with E-state index in [4.69, 9.17) is 5.84 Å². The van der Waals surface area contributed by atoms with E-state index < -0.39 is 11.6 Å². The van der Waals surface area contributed by atoms with Gasteiger partial charge in [-0.3, -0.25) is 11.3 Å². The van der Waals surface area contributed by atoms with Crippen LogP contribution in [-0.2, 0) is 0 Å². The molecule has 4 heteroatoms. The van der Waals surface area contributed by atoms with E-state index in [-0.39, 0.29) is 12.0 Å². The Kier molecular flexibility index (Phi) is 5.11. The highest BCUT2D eigenvalue weighted by molar-refractivity contribution is 5.23. The van der Waals surface area contributed by atoms with Gasteiger partial charge in [0.1, 0.15) is 0 Å². The van der Waals surface area contributed by atoms with Crippen LogP contribution in [-0.4, -0.2) is 0 Å². The topological polar surface area (TPSA) is 38.0 Å². The molecule has 1 aliphatic carbocycles. The molecule has 0 aromatic heterocycles. The van der Waals surface area contributed by atoms with E-state index in [9.17, 15) is 8.78 Å². The molecule has 112 valence electrons. The van der Waals surface area contributed by atoms with E-state index in [0.29, 0.717) is 11.5 Å². The third-order valence-corrected chi connectivity index (χ3v) is 4.73. The maximum atomic E-state index is 13.9. The van der Waals surface area contributed by atoms with Gasteiger partial charge in [-0.15, -0.1) is 0 Å². The molecule has 1 aromatic carbocycles. The average Bonchev–Trinajstić information content (AvgIpc) is 2.45. The Morgan fingerprint density at radius 3 is 2.25 bits per heavy atom. The van der Waals surface area contributed by atoms with Gasteiger partial charge in [0.15, 0.2) is 11.6 Å². The summed E-state index contributed by atoms with van der Waals surface area (Å²) < 4.78 is 27.3. The highest BCUT2D eigenvalue weighted by atomic mass is 19.2. The van der Waals surface area contributed by atoms with Crippen molar-refractivity contribution in [2.45, 2.75) is 45.6 Å². The Hall–Kier alpha value is -1.00. The van der Waals surface area contributed by atoms with Crippen LogP contribution in [0.3, 0.4) is 0 Å². The van der Waals surface area contributed by atoms with Crippen LogP contribution >= 0.6 is 0 Å². The van der Waals surface area contributed by atoms with Crippen LogP contribution in [0.25, 0.3) is 0 Å². The Labute approximate surface area is 119 Å². The first-order valence-electron chi connectivity index (χ1n) is 7.44. The molecule has 0 saturated heterocycles. The first-order chi connectivity index (χ1) is 9.54. The van der Waals surface area contributed by atoms with E-state index in [1.165, 1.54) is 6.07 Å². The van der Waals surface area contributed by atoms with Gasteiger partial charge in [0.25, 0.3) is 0 Å². The predicted octanol–water partition coefficient (Wildman–Crippen LogP) is 3.93. The van der Waals surface area contributed by atoms with Crippen molar-refractivity contribution in [2.75, 3.05) is 0 Å². The zero-order chi connectivity index (χ0) is 14.7. The van der Waals surface area contributed by atoms with Gasteiger partial charge in [-0.2, -0.15) is 0 Å². The lowest BCUT2D eigenvalue weighted by Crippen LogP contribution is -2.36. The maximum Gasteiger partial charge on any atom is 0.163 e. The van der Waals surface area contributed by atoms with E-state index in [1.807, 2.05) is 0 Å². The Balaban J connectivity index is 2.12. The lowest BCUT2D eigenvalue weighted by Gasteiger charge is -2.35. The largest absolute Gasteiger partial charge is 0.271 e. The molecular formula is C16H24F2N2. The number of hydrazine groups is 1. The lowest BCUT2D eigenvalue weighted by atomic mass is 9.73. The van der Waals surface area contributed by atoms with Crippen molar-refractivity contribution in [3.8, 4) is 0 Å². The number of rotatable bonds is 4. The molecular weight excluding hydrogens is 258 g/mol. The number of benzene rings is 1. The molecule has 2 rings (SSSR count). The molecule has 1 aliphatic rings. The smallest absolute Gasteiger partial charge is 0.163 e. The highest BCUT2D eigenvalue weighted by Gasteiger charge is 2.30. The van der Waals surface area contributed by atoms with E-state index in [0.717, 1.165) is 37.7 Å². The van der Waals surface area contributed by atoms with Gasteiger partial charge in [0, 0.05) is 5.56 Å². The molecule has 1 atom stereocenters. The van der Waals surface area contributed by atoms with Gasteiger partial charge in [-0.05, 0) is 49.5 Å². The molecule has 0 spiro atoms. The average molecular weight is 282 g/mol. The van der Waals surface area contributed by atoms with Crippen molar-refractivity contribution < 1.29 is 8.78 Å². The van der Waals surface area contributed by atoms with Crippen molar-refractivity contribution >= 4 is 0 Å². The fourth-order valence-electron chi connectivity index (χ4n) is 3.39. The second-order valence-corrected chi connectivity index (χ2v) is 6.21. The summed E-state index contributed by atoms with van der Waals surface area (Å²) in [5.41, 5.74) is 3.04. The van der Waals surface area contributed by atoms with Crippen molar-refractivity contribution in [1.82, 2.24) is 5.43 Å². The summed E-state index contributed by atoms with van der Waals surface area (Å²) in [5, 5.41) is 0. The molecule has 0 amide bonds. The normalized spacial score (nSPS) is 24.9. The lowest BCUT2D eigenvalue weighted by molar-refractivity contribution is 0.187. The summed E-state index contributed by atoms with van der Waals surface area (Å²) in [4.78, 5) is 0. The molecule has 0 heterocycles. The summed E-state index contributed by atoms with van der Waals surface area (Å²) in [6, 6.07) is 4.00. The second kappa shape index (κ2) is 6.64. The summed E-state index contributed by atoms with van der Waals surface area (Å²) in [5.74, 6) is 5.72. The SMILES string of the molecule is CC(C)C1CCC(C(NN)c2cccc(F)c2F)CC1. The fourth-order valence-corrected chi connectivity index (χ4v) is 3.39. The van der Waals surface area contributed by atoms with Gasteiger partial charge in [-0.25, -0.2) is 8.78 Å². The van der Waals surface area contributed by atoms with E-state index in [1.54, 1.807) is 6.07 Å². The molecule has 20 heavy (non-hydrogen) atoms. The maximum absolute atomic E-state index is 13.9. The fraction of sp³-hybridized carbons (Fsp3) is 0.625. The van der Waals surface area contributed by atoms with Crippen LogP contribution in [0.1, 0.15) is 51.1 Å². The number of hydrogen-bond acceptors (Lipinski definition) is 2. The monoisotopic (exact) mass is 282 g/mol. The number of hydrogen-bond donors (Lipinski definition) is 2. The standard InChI is InChI=1S/C16H24F2N2/c1-10(2)11-6-8-12(9-7-11)16(20-19)13-4-3-5-14(17)15(13)18/h3-5,10-12,16,20H,6-9,19H2,1-2H3. The summed E-state index contributed by atoms with van der Waals surface area (Å²) in [7, 11) is 0. The van der Waals surface area contributed by atoms with Crippen molar-refractivity contribution in [2.24, 2.45) is 23.6 Å². The minimum Gasteiger partial charge on any atom is -0.271 e. The van der Waals surface area contributed by atoms with Crippen LogP contribution in [0.2, 0.25) is 0 Å². The minimum atomic E-state index is -0.807. The predicted molar refractivity (Wildman–Crippen MR) is 76.7 cm³/mol. The van der Waals surface area contributed by atoms with Gasteiger partial charge in [0.05, 0.1) is 6.04 Å². The third kappa shape index (κ3) is 3.18. The second-order valence-electron chi connectivity index (χ2n) is 6.21. The first-order valence-corrected chi connectivity index (χ1v) is 7.44. The molecule has 1 saturated carbocycles. The van der Waals surface area contributed by atoms with E-state index >= 15 is 0 Å². The van der Waals surface area contributed by atoms with Crippen molar-refractivity contribution in [3.05, 3.63) is 35.4 Å². The van der Waals surface area contributed by atoms with Gasteiger partial charge in [0.2, 0.25) is 0 Å². The van der Waals surface area contributed by atoms with Crippen LogP contribution in [0.15, 0.2) is 18.2 Å². The minimum absolute atomic E-state index is 0.270. The molecule has 0 bridgehead atoms. The first kappa shape index (κ1) is 15.4. The zero-order valence-corrected chi connectivity index (χ0v) is 12.2. The Morgan fingerprint density at radius 2 is 1.70 bits per heavy atom. The molecule has 1 fully saturated rings. The van der Waals surface area contributed by atoms with Crippen LogP contribution in [0, 0.1) is 29.4 Å².